The van der Waals surface area contributed by atoms with E-state index in [-0.39, 0.29) is 18.5 Å². The van der Waals surface area contributed by atoms with E-state index in [0.717, 1.165) is 70.6 Å². The van der Waals surface area contributed by atoms with E-state index in [4.69, 9.17) is 4.74 Å². The maximum Gasteiger partial charge on any atom is 0.305 e. The third-order valence-corrected chi connectivity index (χ3v) is 12.1. The van der Waals surface area contributed by atoms with E-state index < -0.39 is 12.1 Å². The molecular formula is C52H101NO5. The molecule has 0 saturated heterocycles. The molecule has 6 nitrogen and oxygen atoms in total. The number of aliphatic hydroxyl groups is 2. The second-order valence-corrected chi connectivity index (χ2v) is 17.9. The summed E-state index contributed by atoms with van der Waals surface area (Å²) in [4.78, 5) is 24.4. The Labute approximate surface area is 361 Å². The van der Waals surface area contributed by atoms with Crippen LogP contribution in [0, 0.1) is 0 Å². The van der Waals surface area contributed by atoms with Gasteiger partial charge in [-0.25, -0.2) is 0 Å². The van der Waals surface area contributed by atoms with E-state index >= 15 is 0 Å². The summed E-state index contributed by atoms with van der Waals surface area (Å²) >= 11 is 0. The van der Waals surface area contributed by atoms with E-state index in [1.807, 2.05) is 0 Å². The maximum atomic E-state index is 12.4. The van der Waals surface area contributed by atoms with Crippen molar-refractivity contribution in [1.29, 1.82) is 0 Å². The van der Waals surface area contributed by atoms with Crippen LogP contribution < -0.4 is 5.32 Å². The first-order chi connectivity index (χ1) is 28.5. The molecule has 0 bridgehead atoms. The van der Waals surface area contributed by atoms with Gasteiger partial charge in [-0.15, -0.1) is 0 Å². The highest BCUT2D eigenvalue weighted by atomic mass is 16.5. The fourth-order valence-corrected chi connectivity index (χ4v) is 8.05. The average Bonchev–Trinajstić information content (AvgIpc) is 3.22. The number of unbranched alkanes of at least 4 members (excludes halogenated alkanes) is 35. The highest BCUT2D eigenvalue weighted by Gasteiger charge is 2.20. The number of nitrogens with one attached hydrogen (secondary N) is 1. The number of ether oxygens (including phenoxy) is 1. The average molecular weight is 820 g/mol. The monoisotopic (exact) mass is 820 g/mol. The van der Waals surface area contributed by atoms with Gasteiger partial charge in [0.2, 0.25) is 5.91 Å². The lowest BCUT2D eigenvalue weighted by Crippen LogP contribution is -2.45. The van der Waals surface area contributed by atoms with E-state index in [0.29, 0.717) is 25.9 Å². The zero-order valence-corrected chi connectivity index (χ0v) is 39.0. The summed E-state index contributed by atoms with van der Waals surface area (Å²) < 4.78 is 5.45. The van der Waals surface area contributed by atoms with Gasteiger partial charge in [0.25, 0.3) is 0 Å². The molecule has 344 valence electrons. The number of esters is 1. The van der Waals surface area contributed by atoms with Crippen LogP contribution in [0.1, 0.15) is 284 Å². The Morgan fingerprint density at radius 3 is 1.22 bits per heavy atom. The maximum absolute atomic E-state index is 12.4. The molecule has 1 amide bonds. The van der Waals surface area contributed by atoms with Crippen LogP contribution in [0.3, 0.4) is 0 Å². The summed E-state index contributed by atoms with van der Waals surface area (Å²) in [6.45, 7) is 4.92. The van der Waals surface area contributed by atoms with Gasteiger partial charge in [-0.2, -0.15) is 0 Å². The SMILES string of the molecule is CCCCCCCCCCCCCCCC(=O)OCCCCCC/C=C\CCCCCCCCCC(=O)NC(CO)C(O)CCCCCCCCCCCCCCC. The first-order valence-corrected chi connectivity index (χ1v) is 25.9. The van der Waals surface area contributed by atoms with Crippen molar-refractivity contribution in [2.75, 3.05) is 13.2 Å². The number of allylic oxidation sites excluding steroid dienone is 2. The Kier molecular flexibility index (Phi) is 47.1. The number of amides is 1. The van der Waals surface area contributed by atoms with Crippen molar-refractivity contribution in [3.63, 3.8) is 0 Å². The number of carbonyl (C=O) groups is 2. The van der Waals surface area contributed by atoms with Crippen LogP contribution in [0.2, 0.25) is 0 Å². The van der Waals surface area contributed by atoms with Gasteiger partial charge in [0.05, 0.1) is 25.4 Å². The molecule has 0 aliphatic heterocycles. The van der Waals surface area contributed by atoms with Gasteiger partial charge in [-0.3, -0.25) is 9.59 Å². The molecule has 0 radical (unpaired) electrons. The molecule has 0 aromatic carbocycles. The van der Waals surface area contributed by atoms with Crippen LogP contribution in [0.15, 0.2) is 12.2 Å². The predicted molar refractivity (Wildman–Crippen MR) is 250 cm³/mol. The third-order valence-electron chi connectivity index (χ3n) is 12.1. The van der Waals surface area contributed by atoms with E-state index in [1.54, 1.807) is 0 Å². The number of hydrogen-bond donors (Lipinski definition) is 3. The molecule has 0 rings (SSSR count). The molecule has 0 aromatic heterocycles. The summed E-state index contributed by atoms with van der Waals surface area (Å²) in [6.07, 6.45) is 54.6. The second-order valence-electron chi connectivity index (χ2n) is 17.9. The second kappa shape index (κ2) is 48.3. The zero-order valence-electron chi connectivity index (χ0n) is 39.0. The molecule has 0 heterocycles. The van der Waals surface area contributed by atoms with Gasteiger partial charge >= 0.3 is 5.97 Å². The van der Waals surface area contributed by atoms with Gasteiger partial charge < -0.3 is 20.3 Å². The Bertz CT molecular complexity index is 863. The van der Waals surface area contributed by atoms with Crippen molar-refractivity contribution in [3.8, 4) is 0 Å². The minimum Gasteiger partial charge on any atom is -0.466 e. The molecule has 3 N–H and O–H groups in total. The molecule has 2 atom stereocenters. The fraction of sp³-hybridized carbons (Fsp3) is 0.923. The smallest absolute Gasteiger partial charge is 0.305 e. The van der Waals surface area contributed by atoms with Crippen LogP contribution in [-0.2, 0) is 14.3 Å². The Balaban J connectivity index is 3.47. The fourth-order valence-electron chi connectivity index (χ4n) is 8.05. The van der Waals surface area contributed by atoms with Gasteiger partial charge in [0.1, 0.15) is 0 Å². The number of carbonyl (C=O) groups excluding carboxylic acids is 2. The highest BCUT2D eigenvalue weighted by molar-refractivity contribution is 5.76. The summed E-state index contributed by atoms with van der Waals surface area (Å²) in [5.74, 6) is -0.0581. The van der Waals surface area contributed by atoms with Crippen LogP contribution in [-0.4, -0.2) is 47.4 Å². The summed E-state index contributed by atoms with van der Waals surface area (Å²) in [5.41, 5.74) is 0. The van der Waals surface area contributed by atoms with Gasteiger partial charge in [0, 0.05) is 12.8 Å². The standard InChI is InChI=1S/C52H101NO5/c1-3-5-7-9-11-13-15-20-24-28-32-36-40-44-50(55)49(48-54)53-51(56)45-41-37-33-29-25-22-18-17-19-23-27-31-35-39-43-47-58-52(57)46-42-38-34-30-26-21-16-14-12-10-8-6-4-2/h19,23,49-50,54-55H,3-18,20-22,24-48H2,1-2H3,(H,53,56)/b23-19-. The molecule has 0 aromatic rings. The Hall–Kier alpha value is -1.40. The molecule has 58 heavy (non-hydrogen) atoms. The van der Waals surface area contributed by atoms with Crippen molar-refractivity contribution in [2.45, 2.75) is 296 Å². The molecule has 0 fully saturated rings. The zero-order chi connectivity index (χ0) is 42.3. The third kappa shape index (κ3) is 44.2. The highest BCUT2D eigenvalue weighted by Crippen LogP contribution is 2.16. The normalized spacial score (nSPS) is 12.7. The lowest BCUT2D eigenvalue weighted by molar-refractivity contribution is -0.143. The van der Waals surface area contributed by atoms with Gasteiger partial charge in [-0.1, -0.05) is 231 Å². The topological polar surface area (TPSA) is 95.9 Å². The predicted octanol–water partition coefficient (Wildman–Crippen LogP) is 15.3. The molecule has 0 aliphatic rings. The van der Waals surface area contributed by atoms with Crippen molar-refractivity contribution in [2.24, 2.45) is 0 Å². The number of rotatable bonds is 48. The van der Waals surface area contributed by atoms with Crippen LogP contribution in [0.25, 0.3) is 0 Å². The molecule has 0 saturated carbocycles. The van der Waals surface area contributed by atoms with Gasteiger partial charge in [-0.05, 0) is 51.4 Å². The lowest BCUT2D eigenvalue weighted by atomic mass is 10.0. The Morgan fingerprint density at radius 1 is 0.466 bits per heavy atom. The van der Waals surface area contributed by atoms with Crippen LogP contribution in [0.5, 0.6) is 0 Å². The number of hydrogen-bond acceptors (Lipinski definition) is 5. The Morgan fingerprint density at radius 2 is 0.810 bits per heavy atom. The summed E-state index contributed by atoms with van der Waals surface area (Å²) in [7, 11) is 0. The van der Waals surface area contributed by atoms with E-state index in [9.17, 15) is 19.8 Å². The van der Waals surface area contributed by atoms with Crippen LogP contribution in [0.4, 0.5) is 0 Å². The number of aliphatic hydroxyl groups excluding tert-OH is 2. The minimum atomic E-state index is -0.672. The van der Waals surface area contributed by atoms with Crippen molar-refractivity contribution in [3.05, 3.63) is 12.2 Å². The van der Waals surface area contributed by atoms with Crippen LogP contribution >= 0.6 is 0 Å². The van der Waals surface area contributed by atoms with Crippen molar-refractivity contribution < 1.29 is 24.5 Å². The summed E-state index contributed by atoms with van der Waals surface area (Å²) in [6, 6.07) is -0.551. The molecule has 6 heteroatoms. The molecule has 0 aliphatic carbocycles. The first-order valence-electron chi connectivity index (χ1n) is 25.9. The van der Waals surface area contributed by atoms with Crippen molar-refractivity contribution >= 4 is 11.9 Å². The molecule has 2 unspecified atom stereocenters. The lowest BCUT2D eigenvalue weighted by Gasteiger charge is -2.22. The van der Waals surface area contributed by atoms with E-state index in [1.165, 1.54) is 180 Å². The quantitative estimate of drug-likeness (QED) is 0.0323. The molecular weight excluding hydrogens is 719 g/mol. The van der Waals surface area contributed by atoms with Gasteiger partial charge in [0.15, 0.2) is 0 Å². The largest absolute Gasteiger partial charge is 0.466 e. The molecule has 0 spiro atoms. The van der Waals surface area contributed by atoms with E-state index in [2.05, 4.69) is 31.3 Å². The van der Waals surface area contributed by atoms with Crippen molar-refractivity contribution in [1.82, 2.24) is 5.32 Å². The summed E-state index contributed by atoms with van der Waals surface area (Å²) in [5, 5.41) is 23.2. The first kappa shape index (κ1) is 56.6. The minimum absolute atomic E-state index is 0.00844.